The topological polar surface area (TPSA) is 252 Å². The second-order valence-electron chi connectivity index (χ2n) is 10.1. The maximum atomic E-state index is 12.6. The lowest BCUT2D eigenvalue weighted by molar-refractivity contribution is -0.348. The Morgan fingerprint density at radius 2 is 1.55 bits per heavy atom. The summed E-state index contributed by atoms with van der Waals surface area (Å²) in [7, 11) is 0. The highest BCUT2D eigenvalue weighted by atomic mass is 16.7. The highest BCUT2D eigenvalue weighted by Crippen LogP contribution is 2.29. The molecule has 1 aromatic rings. The summed E-state index contributed by atoms with van der Waals surface area (Å²) < 4.78 is 32.6. The minimum absolute atomic E-state index is 0.0210. The molecule has 0 aromatic heterocycles. The Kier molecular flexibility index (Phi) is 13.7. The van der Waals surface area contributed by atoms with Crippen LogP contribution in [-0.2, 0) is 44.6 Å². The largest absolute Gasteiger partial charge is 0.464 e. The molecule has 2 saturated heterocycles. The minimum atomic E-state index is -1.83. The van der Waals surface area contributed by atoms with E-state index in [0.717, 1.165) is 6.92 Å². The highest BCUT2D eigenvalue weighted by molar-refractivity contribution is 5.81. The Labute approximate surface area is 252 Å². The number of hydrogen-bond acceptors (Lipinski definition) is 15. The maximum Gasteiger partial charge on any atom is 0.408 e. The van der Waals surface area contributed by atoms with E-state index in [1.807, 2.05) is 0 Å². The van der Waals surface area contributed by atoms with Crippen molar-refractivity contribution in [1.29, 1.82) is 0 Å². The molecule has 11 atom stereocenters. The van der Waals surface area contributed by atoms with E-state index in [2.05, 4.69) is 10.6 Å². The van der Waals surface area contributed by atoms with Crippen molar-refractivity contribution in [1.82, 2.24) is 10.6 Å². The molecule has 2 heterocycles. The molecule has 0 spiro atoms. The third kappa shape index (κ3) is 9.27. The summed E-state index contributed by atoms with van der Waals surface area (Å²) in [6.45, 7) is 0.490. The number of benzene rings is 1. The number of carbonyl (C=O) groups excluding carboxylic acids is 3. The van der Waals surface area contributed by atoms with Crippen LogP contribution in [0.15, 0.2) is 30.3 Å². The van der Waals surface area contributed by atoms with Crippen molar-refractivity contribution in [3.8, 4) is 0 Å². The van der Waals surface area contributed by atoms with E-state index in [1.165, 1.54) is 0 Å². The van der Waals surface area contributed by atoms with Gasteiger partial charge < -0.3 is 69.7 Å². The van der Waals surface area contributed by atoms with Crippen molar-refractivity contribution >= 4 is 18.0 Å². The van der Waals surface area contributed by atoms with Crippen molar-refractivity contribution in [2.24, 2.45) is 0 Å². The van der Waals surface area contributed by atoms with Gasteiger partial charge in [0.05, 0.1) is 26.4 Å². The molecule has 0 aliphatic carbocycles. The van der Waals surface area contributed by atoms with Crippen LogP contribution in [0.1, 0.15) is 19.4 Å². The van der Waals surface area contributed by atoms with Crippen LogP contribution >= 0.6 is 0 Å². The molecule has 2 fully saturated rings. The normalized spacial score (nSPS) is 32.7. The Balaban J connectivity index is 1.72. The van der Waals surface area contributed by atoms with Gasteiger partial charge in [-0.15, -0.1) is 0 Å². The van der Waals surface area contributed by atoms with E-state index >= 15 is 0 Å². The number of ether oxygens (including phenoxy) is 6. The van der Waals surface area contributed by atoms with E-state index in [-0.39, 0.29) is 13.2 Å². The molecule has 1 aromatic carbocycles. The lowest BCUT2D eigenvalue weighted by Gasteiger charge is -2.47. The van der Waals surface area contributed by atoms with Gasteiger partial charge in [-0.2, -0.15) is 0 Å². The number of esters is 1. The van der Waals surface area contributed by atoms with Crippen molar-refractivity contribution in [2.75, 3.05) is 26.4 Å². The fraction of sp³-hybridized carbons (Fsp3) is 0.667. The third-order valence-electron chi connectivity index (χ3n) is 6.87. The number of alkyl carbamates (subject to hydrolysis) is 1. The summed E-state index contributed by atoms with van der Waals surface area (Å²) in [5, 5.41) is 65.9. The van der Waals surface area contributed by atoms with Gasteiger partial charge in [-0.25, -0.2) is 9.59 Å². The van der Waals surface area contributed by atoms with Gasteiger partial charge in [0.15, 0.2) is 18.6 Å². The fourth-order valence-electron chi connectivity index (χ4n) is 4.61. The predicted molar refractivity (Wildman–Crippen MR) is 144 cm³/mol. The smallest absolute Gasteiger partial charge is 0.408 e. The molecule has 248 valence electrons. The maximum absolute atomic E-state index is 12.6. The standard InChI is InChI=1S/C27H40N2O15/c1-3-39-24(37)15(29-27(38)41-11-14-7-5-4-6-8-14)12-40-25-18(28-13(2)32)20(34)23(17(10-31)43-25)44-26-22(36)21(35)19(33)16(9-30)42-26/h4-8,15-23,25-26,30-31,33-36H,3,9-12H2,1-2H3,(H,28,32)(H,29,38)/t15-,16+,17+,18+,19-,20+,21-,22+,23+,25+,26-/m0/s1. The van der Waals surface area contributed by atoms with Crippen LogP contribution in [0.3, 0.4) is 0 Å². The van der Waals surface area contributed by atoms with Crippen molar-refractivity contribution in [3.05, 3.63) is 35.9 Å². The van der Waals surface area contributed by atoms with Crippen molar-refractivity contribution in [2.45, 2.75) is 87.8 Å². The molecule has 0 bridgehead atoms. The summed E-state index contributed by atoms with van der Waals surface area (Å²) in [5.41, 5.74) is 0.699. The number of aliphatic hydroxyl groups excluding tert-OH is 6. The minimum Gasteiger partial charge on any atom is -0.464 e. The zero-order valence-corrected chi connectivity index (χ0v) is 24.1. The van der Waals surface area contributed by atoms with Gasteiger partial charge in [-0.05, 0) is 12.5 Å². The van der Waals surface area contributed by atoms with Gasteiger partial charge in [0.1, 0.15) is 55.4 Å². The SMILES string of the molecule is CCOC(=O)[C@H](CO[C@@H]1O[C@H](CO)[C@@H](O[C@@H]2O[C@H](CO)[C@H](O)[C@H](O)[C@H]2O)[C@H](O)[C@H]1NC(C)=O)NC(=O)OCc1ccccc1. The molecule has 17 heteroatoms. The van der Waals surface area contributed by atoms with E-state index in [9.17, 15) is 45.0 Å². The molecule has 0 saturated carbocycles. The average Bonchev–Trinajstić information content (AvgIpc) is 3.01. The Morgan fingerprint density at radius 3 is 2.16 bits per heavy atom. The predicted octanol–water partition coefficient (Wildman–Crippen LogP) is -3.37. The zero-order valence-electron chi connectivity index (χ0n) is 24.1. The Bertz CT molecular complexity index is 1060. The van der Waals surface area contributed by atoms with E-state index < -0.39 is 105 Å². The van der Waals surface area contributed by atoms with Crippen LogP contribution in [0.5, 0.6) is 0 Å². The molecule has 0 radical (unpaired) electrons. The molecule has 0 unspecified atom stereocenters. The third-order valence-corrected chi connectivity index (χ3v) is 6.87. The monoisotopic (exact) mass is 632 g/mol. The Morgan fingerprint density at radius 1 is 0.886 bits per heavy atom. The van der Waals surface area contributed by atoms with Gasteiger partial charge in [0, 0.05) is 6.92 Å². The van der Waals surface area contributed by atoms with Gasteiger partial charge in [-0.3, -0.25) is 4.79 Å². The first-order valence-electron chi connectivity index (χ1n) is 13.9. The summed E-state index contributed by atoms with van der Waals surface area (Å²) >= 11 is 0. The van der Waals surface area contributed by atoms with Crippen LogP contribution in [0, 0.1) is 0 Å². The van der Waals surface area contributed by atoms with Gasteiger partial charge in [-0.1, -0.05) is 30.3 Å². The van der Waals surface area contributed by atoms with Crippen LogP contribution in [0.25, 0.3) is 0 Å². The molecular weight excluding hydrogens is 592 g/mol. The molecule has 2 aliphatic heterocycles. The summed E-state index contributed by atoms with van der Waals surface area (Å²) in [6, 6.07) is 5.98. The molecule has 8 N–H and O–H groups in total. The number of rotatable bonds is 13. The first kappa shape index (κ1) is 35.5. The summed E-state index contributed by atoms with van der Waals surface area (Å²) in [6.07, 6.45) is -15.4. The fourth-order valence-corrected chi connectivity index (χ4v) is 4.61. The van der Waals surface area contributed by atoms with Crippen molar-refractivity contribution in [3.63, 3.8) is 0 Å². The van der Waals surface area contributed by atoms with E-state index in [1.54, 1.807) is 37.3 Å². The summed E-state index contributed by atoms with van der Waals surface area (Å²) in [4.78, 5) is 37.0. The number of amides is 2. The van der Waals surface area contributed by atoms with Crippen LogP contribution in [0.2, 0.25) is 0 Å². The number of carbonyl (C=O) groups is 3. The first-order valence-corrected chi connectivity index (χ1v) is 13.9. The van der Waals surface area contributed by atoms with Crippen molar-refractivity contribution < 1.29 is 73.4 Å². The molecular formula is C27H40N2O15. The second kappa shape index (κ2) is 16.9. The Hall–Kier alpha value is -2.97. The van der Waals surface area contributed by atoms with Crippen LogP contribution < -0.4 is 10.6 Å². The lowest BCUT2D eigenvalue weighted by atomic mass is 9.95. The first-order chi connectivity index (χ1) is 21.0. The lowest BCUT2D eigenvalue weighted by Crippen LogP contribution is -2.67. The van der Waals surface area contributed by atoms with E-state index in [0.29, 0.717) is 5.56 Å². The van der Waals surface area contributed by atoms with E-state index in [4.69, 9.17) is 28.4 Å². The van der Waals surface area contributed by atoms with Gasteiger partial charge in [0.2, 0.25) is 5.91 Å². The molecule has 2 aliphatic rings. The molecule has 44 heavy (non-hydrogen) atoms. The van der Waals surface area contributed by atoms with Gasteiger partial charge in [0.25, 0.3) is 0 Å². The van der Waals surface area contributed by atoms with Crippen LogP contribution in [-0.4, -0.2) is 142 Å². The van der Waals surface area contributed by atoms with Crippen LogP contribution in [0.4, 0.5) is 4.79 Å². The summed E-state index contributed by atoms with van der Waals surface area (Å²) in [5.74, 6) is -1.51. The number of hydrogen-bond donors (Lipinski definition) is 8. The quantitative estimate of drug-likeness (QED) is 0.0988. The molecule has 3 rings (SSSR count). The second-order valence-corrected chi connectivity index (χ2v) is 10.1. The molecule has 2 amide bonds. The highest BCUT2D eigenvalue weighted by Gasteiger charge is 2.51. The number of aliphatic hydroxyl groups is 6. The molecule has 17 nitrogen and oxygen atoms in total. The average molecular weight is 633 g/mol. The zero-order chi connectivity index (χ0) is 32.4. The van der Waals surface area contributed by atoms with Gasteiger partial charge >= 0.3 is 12.1 Å². The number of nitrogens with one attached hydrogen (secondary N) is 2.